The number of benzene rings is 8. The highest BCUT2D eigenvalue weighted by Gasteiger charge is 2.24. The van der Waals surface area contributed by atoms with E-state index >= 15 is 0 Å². The van der Waals surface area contributed by atoms with Crippen molar-refractivity contribution < 1.29 is 4.42 Å². The molecule has 0 fully saturated rings. The largest absolute Gasteiger partial charge is 0.452 e. The second kappa shape index (κ2) is 10.6. The molecule has 254 valence electrons. The van der Waals surface area contributed by atoms with Gasteiger partial charge >= 0.3 is 0 Å². The van der Waals surface area contributed by atoms with Crippen molar-refractivity contribution >= 4 is 87.1 Å². The predicted octanol–water partition coefficient (Wildman–Crippen LogP) is 13.1. The summed E-state index contributed by atoms with van der Waals surface area (Å²) in [5, 5.41) is 12.1. The van der Waals surface area contributed by atoms with Gasteiger partial charge in [-0.05, 0) is 117 Å². The standard InChI is InChI=1S/C50H28N4O/c1-5-31-13-15-33-25-35(29-17-21-51-22-18-29)27-43-47(33)45(31)39(9-1)53(43)41-11-3-7-37-38-8-4-12-42(50(38)55-49(37)41)54-40-10-2-6-32-14-16-34-26-36(30-19-23-52-24-20-30)28-44(54)48(34)46(32)40/h1-28H. The van der Waals surface area contributed by atoms with Gasteiger partial charge in [-0.3, -0.25) is 9.97 Å². The Kier molecular flexibility index (Phi) is 5.57. The van der Waals surface area contributed by atoms with Crippen molar-refractivity contribution in [3.8, 4) is 33.6 Å². The van der Waals surface area contributed by atoms with Crippen LogP contribution < -0.4 is 0 Å². The summed E-state index contributed by atoms with van der Waals surface area (Å²) in [7, 11) is 0. The van der Waals surface area contributed by atoms with Crippen LogP contribution in [0, 0.1) is 0 Å². The van der Waals surface area contributed by atoms with Crippen LogP contribution in [0.25, 0.3) is 121 Å². The first kappa shape index (κ1) is 29.0. The molecule has 0 bridgehead atoms. The summed E-state index contributed by atoms with van der Waals surface area (Å²) < 4.78 is 12.1. The van der Waals surface area contributed by atoms with E-state index in [1.54, 1.807) is 0 Å². The van der Waals surface area contributed by atoms with Crippen LogP contribution in [0.3, 0.4) is 0 Å². The fourth-order valence-electron chi connectivity index (χ4n) is 9.47. The third-order valence-corrected chi connectivity index (χ3v) is 11.8. The van der Waals surface area contributed by atoms with E-state index in [1.807, 2.05) is 24.8 Å². The van der Waals surface area contributed by atoms with Gasteiger partial charge in [0.2, 0.25) is 0 Å². The van der Waals surface area contributed by atoms with Crippen molar-refractivity contribution in [3.05, 3.63) is 170 Å². The Labute approximate surface area is 313 Å². The van der Waals surface area contributed by atoms with E-state index < -0.39 is 0 Å². The highest BCUT2D eigenvalue weighted by Crippen LogP contribution is 2.46. The molecule has 0 unspecified atom stereocenters. The highest BCUT2D eigenvalue weighted by molar-refractivity contribution is 6.27. The van der Waals surface area contributed by atoms with E-state index in [4.69, 9.17) is 4.42 Å². The van der Waals surface area contributed by atoms with Gasteiger partial charge < -0.3 is 13.6 Å². The molecule has 0 N–H and O–H groups in total. The maximum atomic E-state index is 7.25. The van der Waals surface area contributed by atoms with Gasteiger partial charge in [-0.25, -0.2) is 0 Å². The Bertz CT molecular complexity index is 3410. The van der Waals surface area contributed by atoms with Crippen LogP contribution in [-0.4, -0.2) is 19.1 Å². The molecule has 0 spiro atoms. The zero-order valence-corrected chi connectivity index (χ0v) is 29.4. The van der Waals surface area contributed by atoms with Crippen LogP contribution in [0.15, 0.2) is 175 Å². The van der Waals surface area contributed by atoms with Crippen LogP contribution in [0.1, 0.15) is 0 Å². The SMILES string of the molecule is c1cc(-n2c3cccc4ccc5cc(-c6ccncc6)cc2c5c43)c2oc3c(-n4c5cccc6ccc7cc(-c8ccncc8)cc4c7c65)cccc3c2c1. The zero-order chi connectivity index (χ0) is 35.8. The lowest BCUT2D eigenvalue weighted by Crippen LogP contribution is -1.95. The molecular formula is C50H28N4O. The normalized spacial score (nSPS) is 12.4. The molecular weight excluding hydrogens is 673 g/mol. The van der Waals surface area contributed by atoms with Crippen LogP contribution in [0.5, 0.6) is 0 Å². The smallest absolute Gasteiger partial charge is 0.159 e. The number of pyridine rings is 2. The summed E-state index contributed by atoms with van der Waals surface area (Å²) in [5.41, 5.74) is 13.0. The quantitative estimate of drug-likeness (QED) is 0.172. The number of hydrogen-bond donors (Lipinski definition) is 0. The summed E-state index contributed by atoms with van der Waals surface area (Å²) >= 11 is 0. The Balaban J connectivity index is 1.13. The monoisotopic (exact) mass is 700 g/mol. The molecule has 5 nitrogen and oxygen atoms in total. The summed E-state index contributed by atoms with van der Waals surface area (Å²) in [4.78, 5) is 8.58. The molecule has 13 aromatic rings. The first-order valence-corrected chi connectivity index (χ1v) is 18.6. The van der Waals surface area contributed by atoms with Gasteiger partial charge in [0.15, 0.2) is 11.2 Å². The van der Waals surface area contributed by atoms with Crippen molar-refractivity contribution in [3.63, 3.8) is 0 Å². The minimum absolute atomic E-state index is 0.864. The van der Waals surface area contributed by atoms with E-state index in [9.17, 15) is 0 Å². The molecule has 5 heteroatoms. The average Bonchev–Trinajstić information content (AvgIpc) is 3.91. The van der Waals surface area contributed by atoms with Crippen molar-refractivity contribution in [2.75, 3.05) is 0 Å². The number of fused-ring (bicyclic) bond motifs is 3. The lowest BCUT2D eigenvalue weighted by Gasteiger charge is -2.10. The Morgan fingerprint density at radius 1 is 0.345 bits per heavy atom. The van der Waals surface area contributed by atoms with Crippen LogP contribution in [-0.2, 0) is 0 Å². The Morgan fingerprint density at radius 3 is 1.24 bits per heavy atom. The van der Waals surface area contributed by atoms with Gasteiger partial charge in [0, 0.05) is 57.1 Å². The molecule has 0 aliphatic heterocycles. The minimum Gasteiger partial charge on any atom is -0.452 e. The van der Waals surface area contributed by atoms with Crippen LogP contribution in [0.2, 0.25) is 0 Å². The molecule has 0 saturated carbocycles. The number of aromatic nitrogens is 4. The molecule has 0 atom stereocenters. The lowest BCUT2D eigenvalue weighted by atomic mass is 9.98. The lowest BCUT2D eigenvalue weighted by molar-refractivity contribution is 0.664. The van der Waals surface area contributed by atoms with E-state index in [2.05, 4.69) is 165 Å². The second-order valence-electron chi connectivity index (χ2n) is 14.6. The fraction of sp³-hybridized carbons (Fsp3) is 0. The summed E-state index contributed by atoms with van der Waals surface area (Å²) in [6.45, 7) is 0. The number of nitrogens with zero attached hydrogens (tertiary/aromatic N) is 4. The van der Waals surface area contributed by atoms with Gasteiger partial charge in [0.05, 0.1) is 33.4 Å². The van der Waals surface area contributed by atoms with Gasteiger partial charge in [-0.2, -0.15) is 0 Å². The number of rotatable bonds is 4. The van der Waals surface area contributed by atoms with Crippen molar-refractivity contribution in [2.45, 2.75) is 0 Å². The highest BCUT2D eigenvalue weighted by atomic mass is 16.3. The van der Waals surface area contributed by atoms with Crippen LogP contribution >= 0.6 is 0 Å². The van der Waals surface area contributed by atoms with Gasteiger partial charge in [-0.15, -0.1) is 0 Å². The van der Waals surface area contributed by atoms with Crippen molar-refractivity contribution in [2.24, 2.45) is 0 Å². The molecule has 13 rings (SSSR count). The molecule has 5 aromatic heterocycles. The first-order chi connectivity index (χ1) is 27.3. The predicted molar refractivity (Wildman–Crippen MR) is 226 cm³/mol. The third-order valence-electron chi connectivity index (χ3n) is 11.8. The van der Waals surface area contributed by atoms with Gasteiger partial charge in [0.25, 0.3) is 0 Å². The van der Waals surface area contributed by atoms with Gasteiger partial charge in [-0.1, -0.05) is 72.8 Å². The second-order valence-corrected chi connectivity index (χ2v) is 14.6. The number of para-hydroxylation sites is 2. The third kappa shape index (κ3) is 3.86. The van der Waals surface area contributed by atoms with Gasteiger partial charge in [0.1, 0.15) is 0 Å². The fourth-order valence-corrected chi connectivity index (χ4v) is 9.47. The number of hydrogen-bond acceptors (Lipinski definition) is 3. The van der Waals surface area contributed by atoms with E-state index in [1.165, 1.54) is 43.1 Å². The number of furan rings is 1. The molecule has 0 aliphatic carbocycles. The Hall–Kier alpha value is -7.50. The molecule has 0 radical (unpaired) electrons. The zero-order valence-electron chi connectivity index (χ0n) is 29.4. The summed E-state index contributed by atoms with van der Waals surface area (Å²) in [5.74, 6) is 0. The molecule has 0 amide bonds. The molecule has 0 saturated heterocycles. The van der Waals surface area contributed by atoms with Crippen molar-refractivity contribution in [1.82, 2.24) is 19.1 Å². The molecule has 5 heterocycles. The maximum Gasteiger partial charge on any atom is 0.159 e. The molecule has 55 heavy (non-hydrogen) atoms. The minimum atomic E-state index is 0.864. The topological polar surface area (TPSA) is 48.8 Å². The first-order valence-electron chi connectivity index (χ1n) is 18.6. The van der Waals surface area contributed by atoms with Crippen LogP contribution in [0.4, 0.5) is 0 Å². The Morgan fingerprint density at radius 2 is 0.764 bits per heavy atom. The van der Waals surface area contributed by atoms with E-state index in [0.717, 1.165) is 77.6 Å². The maximum absolute atomic E-state index is 7.25. The van der Waals surface area contributed by atoms with E-state index in [-0.39, 0.29) is 0 Å². The average molecular weight is 701 g/mol. The summed E-state index contributed by atoms with van der Waals surface area (Å²) in [6.07, 6.45) is 7.45. The molecule has 8 aromatic carbocycles. The molecule has 0 aliphatic rings. The summed E-state index contributed by atoms with van der Waals surface area (Å²) in [6, 6.07) is 52.9. The van der Waals surface area contributed by atoms with Crippen molar-refractivity contribution in [1.29, 1.82) is 0 Å². The van der Waals surface area contributed by atoms with E-state index in [0.29, 0.717) is 0 Å².